The van der Waals surface area contributed by atoms with Crippen LogP contribution >= 0.6 is 0 Å². The Balaban J connectivity index is 1.45. The number of nitrogens with one attached hydrogen (secondary N) is 1. The third kappa shape index (κ3) is 4.96. The summed E-state index contributed by atoms with van der Waals surface area (Å²) in [5, 5.41) is 1.02. The van der Waals surface area contributed by atoms with Crippen LogP contribution in [0, 0.1) is 0 Å². The van der Waals surface area contributed by atoms with Crippen molar-refractivity contribution < 1.29 is 14.4 Å². The second-order valence-electron chi connectivity index (χ2n) is 7.36. The second kappa shape index (κ2) is 9.58. The second-order valence-corrected chi connectivity index (χ2v) is 7.36. The van der Waals surface area contributed by atoms with E-state index in [1.165, 1.54) is 0 Å². The number of carbonyl (C=O) groups excluding carboxylic acids is 3. The van der Waals surface area contributed by atoms with E-state index in [9.17, 15) is 14.4 Å². The molecule has 0 bridgehead atoms. The average Bonchev–Trinajstić information content (AvgIpc) is 3.18. The highest BCUT2D eigenvalue weighted by Crippen LogP contribution is 2.17. The van der Waals surface area contributed by atoms with E-state index in [-0.39, 0.29) is 17.7 Å². The first-order chi connectivity index (χ1) is 14.0. The third-order valence-electron chi connectivity index (χ3n) is 5.58. The van der Waals surface area contributed by atoms with Gasteiger partial charge in [0.15, 0.2) is 0 Å². The van der Waals surface area contributed by atoms with Crippen LogP contribution < -0.4 is 0 Å². The predicted molar refractivity (Wildman–Crippen MR) is 113 cm³/mol. The fourth-order valence-electron chi connectivity index (χ4n) is 3.80. The van der Waals surface area contributed by atoms with Gasteiger partial charge in [-0.1, -0.05) is 18.2 Å². The highest BCUT2D eigenvalue weighted by atomic mass is 16.2. The Labute approximate surface area is 171 Å². The number of hydrogen-bond donors (Lipinski definition) is 1. The summed E-state index contributed by atoms with van der Waals surface area (Å²) in [5.41, 5.74) is 1.53. The molecule has 0 unspecified atom stereocenters. The molecule has 0 aliphatic carbocycles. The molecule has 1 N–H and O–H groups in total. The maximum atomic E-state index is 12.8. The van der Waals surface area contributed by atoms with E-state index in [0.717, 1.165) is 10.9 Å². The Morgan fingerprint density at radius 3 is 2.28 bits per heavy atom. The molecule has 1 aliphatic heterocycles. The van der Waals surface area contributed by atoms with Crippen LogP contribution in [0.25, 0.3) is 10.9 Å². The Morgan fingerprint density at radius 1 is 0.966 bits per heavy atom. The van der Waals surface area contributed by atoms with Crippen molar-refractivity contribution >= 4 is 28.6 Å². The highest BCUT2D eigenvalue weighted by Gasteiger charge is 2.25. The van der Waals surface area contributed by atoms with Crippen LogP contribution in [-0.2, 0) is 9.59 Å². The number of H-pyrrole nitrogens is 1. The molecule has 7 heteroatoms. The van der Waals surface area contributed by atoms with Gasteiger partial charge in [0.2, 0.25) is 11.8 Å². The molecule has 1 fully saturated rings. The van der Waals surface area contributed by atoms with Crippen molar-refractivity contribution in [1.82, 2.24) is 19.7 Å². The lowest BCUT2D eigenvalue weighted by Crippen LogP contribution is -2.50. The van der Waals surface area contributed by atoms with Gasteiger partial charge in [-0.25, -0.2) is 0 Å². The van der Waals surface area contributed by atoms with E-state index in [1.807, 2.05) is 44.2 Å². The normalized spacial score (nSPS) is 14.3. The number of benzene rings is 1. The van der Waals surface area contributed by atoms with Gasteiger partial charge in [0.25, 0.3) is 5.91 Å². The van der Waals surface area contributed by atoms with Crippen molar-refractivity contribution in [3.63, 3.8) is 0 Å². The van der Waals surface area contributed by atoms with Crippen LogP contribution in [0.15, 0.2) is 30.3 Å². The molecule has 0 saturated carbocycles. The van der Waals surface area contributed by atoms with Crippen molar-refractivity contribution in [1.29, 1.82) is 0 Å². The molecule has 0 spiro atoms. The number of hydrogen-bond acceptors (Lipinski definition) is 3. The van der Waals surface area contributed by atoms with Crippen molar-refractivity contribution in [2.24, 2.45) is 0 Å². The van der Waals surface area contributed by atoms with E-state index < -0.39 is 0 Å². The van der Waals surface area contributed by atoms with Gasteiger partial charge in [0.05, 0.1) is 0 Å². The van der Waals surface area contributed by atoms with E-state index in [2.05, 4.69) is 4.98 Å². The number of rotatable bonds is 7. The van der Waals surface area contributed by atoms with Crippen LogP contribution in [-0.4, -0.2) is 76.7 Å². The topological polar surface area (TPSA) is 76.7 Å². The molecule has 7 nitrogen and oxygen atoms in total. The summed E-state index contributed by atoms with van der Waals surface area (Å²) in [6, 6.07) is 9.69. The monoisotopic (exact) mass is 398 g/mol. The average molecular weight is 399 g/mol. The summed E-state index contributed by atoms with van der Waals surface area (Å²) in [7, 11) is 0. The number of aromatic nitrogens is 1. The number of aromatic amines is 1. The number of carbonyl (C=O) groups is 3. The van der Waals surface area contributed by atoms with Gasteiger partial charge in [-0.3, -0.25) is 14.4 Å². The standard InChI is InChI=1S/C22H30N4O3/c1-3-24(4-2)20(27)10-7-11-21(28)25-12-14-26(15-13-25)22(29)19-16-17-8-5-6-9-18(17)23-19/h5-6,8-9,16,23H,3-4,7,10-15H2,1-2H3. The van der Waals surface area contributed by atoms with Crippen LogP contribution in [0.1, 0.15) is 43.6 Å². The fourth-order valence-corrected chi connectivity index (χ4v) is 3.80. The summed E-state index contributed by atoms with van der Waals surface area (Å²) in [4.78, 5) is 45.8. The van der Waals surface area contributed by atoms with Gasteiger partial charge in [-0.15, -0.1) is 0 Å². The minimum absolute atomic E-state index is 0.0295. The Bertz CT molecular complexity index is 831. The van der Waals surface area contributed by atoms with Gasteiger partial charge < -0.3 is 19.7 Å². The molecule has 3 amide bonds. The van der Waals surface area contributed by atoms with Gasteiger partial charge in [-0.05, 0) is 32.4 Å². The fraction of sp³-hybridized carbons (Fsp3) is 0.500. The first kappa shape index (κ1) is 20.9. The minimum atomic E-state index is -0.0295. The molecule has 156 valence electrons. The number of amides is 3. The molecule has 3 rings (SSSR count). The number of fused-ring (bicyclic) bond motifs is 1. The lowest BCUT2D eigenvalue weighted by atomic mass is 10.2. The SMILES string of the molecule is CCN(CC)C(=O)CCCC(=O)N1CCN(C(=O)c2cc3ccccc3[nH]2)CC1. The number of para-hydroxylation sites is 1. The summed E-state index contributed by atoms with van der Waals surface area (Å²) in [6.45, 7) is 7.46. The molecule has 1 aromatic carbocycles. The van der Waals surface area contributed by atoms with E-state index in [0.29, 0.717) is 64.2 Å². The highest BCUT2D eigenvalue weighted by molar-refractivity contribution is 5.98. The van der Waals surface area contributed by atoms with E-state index >= 15 is 0 Å². The zero-order valence-corrected chi connectivity index (χ0v) is 17.3. The molecule has 2 heterocycles. The van der Waals surface area contributed by atoms with E-state index in [4.69, 9.17) is 0 Å². The van der Waals surface area contributed by atoms with Gasteiger partial charge in [0, 0.05) is 63.0 Å². The Kier molecular flexibility index (Phi) is 6.90. The van der Waals surface area contributed by atoms with Gasteiger partial charge >= 0.3 is 0 Å². The summed E-state index contributed by atoms with van der Waals surface area (Å²) >= 11 is 0. The molecule has 29 heavy (non-hydrogen) atoms. The molecular formula is C22H30N4O3. The maximum Gasteiger partial charge on any atom is 0.270 e. The van der Waals surface area contributed by atoms with Crippen molar-refractivity contribution in [3.05, 3.63) is 36.0 Å². The zero-order valence-electron chi connectivity index (χ0n) is 17.3. The molecule has 1 saturated heterocycles. The largest absolute Gasteiger partial charge is 0.351 e. The van der Waals surface area contributed by atoms with Gasteiger partial charge in [-0.2, -0.15) is 0 Å². The molecule has 0 atom stereocenters. The summed E-state index contributed by atoms with van der Waals surface area (Å²) in [5.74, 6) is 0.143. The van der Waals surface area contributed by atoms with Crippen LogP contribution in [0.2, 0.25) is 0 Å². The predicted octanol–water partition coefficient (Wildman–Crippen LogP) is 2.49. The maximum absolute atomic E-state index is 12.8. The summed E-state index contributed by atoms with van der Waals surface area (Å²) < 4.78 is 0. The Morgan fingerprint density at radius 2 is 1.62 bits per heavy atom. The van der Waals surface area contributed by atoms with Gasteiger partial charge in [0.1, 0.15) is 5.69 Å². The lowest BCUT2D eigenvalue weighted by molar-refractivity contribution is -0.133. The van der Waals surface area contributed by atoms with Crippen LogP contribution in [0.4, 0.5) is 0 Å². The summed E-state index contributed by atoms with van der Waals surface area (Å²) in [6.07, 6.45) is 1.36. The first-order valence-corrected chi connectivity index (χ1v) is 10.5. The molecule has 1 aromatic heterocycles. The molecule has 0 radical (unpaired) electrons. The minimum Gasteiger partial charge on any atom is -0.351 e. The first-order valence-electron chi connectivity index (χ1n) is 10.5. The van der Waals surface area contributed by atoms with Crippen molar-refractivity contribution in [2.45, 2.75) is 33.1 Å². The number of nitrogens with zero attached hydrogens (tertiary/aromatic N) is 3. The van der Waals surface area contributed by atoms with Crippen molar-refractivity contribution in [3.8, 4) is 0 Å². The Hall–Kier alpha value is -2.83. The molecule has 2 aromatic rings. The van der Waals surface area contributed by atoms with Crippen LogP contribution in [0.3, 0.4) is 0 Å². The van der Waals surface area contributed by atoms with Crippen LogP contribution in [0.5, 0.6) is 0 Å². The molecule has 1 aliphatic rings. The molecular weight excluding hydrogens is 368 g/mol. The van der Waals surface area contributed by atoms with E-state index in [1.54, 1.807) is 14.7 Å². The third-order valence-corrected chi connectivity index (χ3v) is 5.58. The zero-order chi connectivity index (χ0) is 20.8. The smallest absolute Gasteiger partial charge is 0.270 e. The van der Waals surface area contributed by atoms with Crippen molar-refractivity contribution in [2.75, 3.05) is 39.3 Å². The number of piperazine rings is 1. The quantitative estimate of drug-likeness (QED) is 0.778. The lowest BCUT2D eigenvalue weighted by Gasteiger charge is -2.34.